The summed E-state index contributed by atoms with van der Waals surface area (Å²) in [4.78, 5) is 0. The van der Waals surface area contributed by atoms with Crippen molar-refractivity contribution in [1.82, 2.24) is 0 Å². The highest BCUT2D eigenvalue weighted by Crippen LogP contribution is 2.51. The first-order chi connectivity index (χ1) is 6.85. The summed E-state index contributed by atoms with van der Waals surface area (Å²) >= 11 is 0. The molecular weight excluding hydrogens is 245 g/mol. The Morgan fingerprint density at radius 3 is 2.07 bits per heavy atom. The fraction of sp³-hybridized carbons (Fsp3) is 0.833. The van der Waals surface area contributed by atoms with Crippen molar-refractivity contribution in [3.8, 4) is 6.07 Å². The minimum Gasteiger partial charge on any atom is -0.311 e. The van der Waals surface area contributed by atoms with Crippen LogP contribution in [0.1, 0.15) is 0 Å². The second kappa shape index (κ2) is 5.58. The van der Waals surface area contributed by atoms with E-state index in [2.05, 4.69) is 13.2 Å². The lowest BCUT2D eigenvalue weighted by Gasteiger charge is -2.17. The van der Waals surface area contributed by atoms with E-state index in [-0.39, 0.29) is 0 Å². The Kier molecular flexibility index (Phi) is 5.42. The molecule has 15 heavy (non-hydrogen) atoms. The zero-order valence-electron chi connectivity index (χ0n) is 8.54. The first-order valence-corrected chi connectivity index (χ1v) is 6.93. The molecule has 1 atom stereocenters. The summed E-state index contributed by atoms with van der Waals surface area (Å²) < 4.78 is 47.0. The molecule has 7 nitrogen and oxygen atoms in total. The topological polar surface area (TPSA) is 103 Å². The fourth-order valence-corrected chi connectivity index (χ4v) is 3.46. The van der Waals surface area contributed by atoms with E-state index in [4.69, 9.17) is 5.26 Å². The molecule has 0 bridgehead atoms. The summed E-state index contributed by atoms with van der Waals surface area (Å²) in [6.45, 7) is 0. The highest BCUT2D eigenvalue weighted by atomic mass is 32.2. The number of hydrogen-bond acceptors (Lipinski definition) is 7. The van der Waals surface area contributed by atoms with Crippen molar-refractivity contribution < 1.29 is 26.2 Å². The molecule has 0 aromatic heterocycles. The van der Waals surface area contributed by atoms with Gasteiger partial charge in [0.1, 0.15) is 5.75 Å². The van der Waals surface area contributed by atoms with Gasteiger partial charge in [0.05, 0.1) is 13.2 Å². The predicted octanol–water partition coefficient (Wildman–Crippen LogP) is 0.341. The van der Waals surface area contributed by atoms with Crippen molar-refractivity contribution >= 4 is 17.7 Å². The predicted molar refractivity (Wildman–Crippen MR) is 51.8 cm³/mol. The molecule has 0 spiro atoms. The van der Waals surface area contributed by atoms with Gasteiger partial charge in [0, 0.05) is 14.2 Å². The molecule has 88 valence electrons. The molecule has 0 aliphatic rings. The molecule has 0 aliphatic heterocycles. The Morgan fingerprint density at radius 2 is 1.80 bits per heavy atom. The molecule has 0 aliphatic carbocycles. The van der Waals surface area contributed by atoms with Crippen LogP contribution in [-0.2, 0) is 27.9 Å². The zero-order chi connectivity index (χ0) is 12.1. The lowest BCUT2D eigenvalue weighted by atomic mass is 10.5. The van der Waals surface area contributed by atoms with Crippen molar-refractivity contribution in [1.29, 1.82) is 5.26 Å². The van der Waals surface area contributed by atoms with E-state index in [0.717, 1.165) is 21.3 Å². The van der Waals surface area contributed by atoms with Crippen molar-refractivity contribution in [3.05, 3.63) is 0 Å². The Labute approximate surface area is 88.6 Å². The first-order valence-electron chi connectivity index (χ1n) is 3.74. The maximum atomic E-state index is 11.7. The summed E-state index contributed by atoms with van der Waals surface area (Å²) in [5, 5.41) is 8.68. The van der Waals surface area contributed by atoms with E-state index in [0.29, 0.717) is 0 Å². The summed E-state index contributed by atoms with van der Waals surface area (Å²) in [5.41, 5.74) is -1.41. The Bertz CT molecular complexity index is 377. The van der Waals surface area contributed by atoms with Crippen LogP contribution in [0.4, 0.5) is 0 Å². The molecule has 0 N–H and O–H groups in total. The summed E-state index contributed by atoms with van der Waals surface area (Å²) in [7, 11) is -4.50. The van der Waals surface area contributed by atoms with E-state index >= 15 is 0 Å². The number of rotatable bonds is 6. The van der Waals surface area contributed by atoms with E-state index in [1.165, 1.54) is 0 Å². The molecule has 0 saturated heterocycles. The third kappa shape index (κ3) is 3.89. The first kappa shape index (κ1) is 14.6. The normalized spacial score (nSPS) is 14.5. The zero-order valence-corrected chi connectivity index (χ0v) is 10.2. The lowest BCUT2D eigenvalue weighted by molar-refractivity contribution is 0.271. The van der Waals surface area contributed by atoms with Gasteiger partial charge in [-0.2, -0.15) is 13.7 Å². The SMILES string of the molecule is COP(=O)(OC)C(C#N)CS(=O)(=O)OC. The van der Waals surface area contributed by atoms with Gasteiger partial charge in [0.25, 0.3) is 10.1 Å². The van der Waals surface area contributed by atoms with Crippen LogP contribution in [-0.4, -0.2) is 41.2 Å². The molecule has 0 radical (unpaired) electrons. The van der Waals surface area contributed by atoms with E-state index in [1.54, 1.807) is 6.07 Å². The Balaban J connectivity index is 4.97. The quantitative estimate of drug-likeness (QED) is 0.499. The standard InChI is InChI=1S/C6H12NO6PS/c1-11-14(8,12-2)6(4-7)5-15(9,10)13-3/h6H,5H2,1-3H3. The second-order valence-corrected chi connectivity index (χ2v) is 6.66. The Morgan fingerprint density at radius 1 is 1.33 bits per heavy atom. The Hall–Kier alpha value is -0.450. The second-order valence-electron chi connectivity index (χ2n) is 2.44. The maximum absolute atomic E-state index is 11.7. The number of hydrogen-bond donors (Lipinski definition) is 0. The molecule has 9 heteroatoms. The van der Waals surface area contributed by atoms with Crippen molar-refractivity contribution in [2.24, 2.45) is 0 Å². The maximum Gasteiger partial charge on any atom is 0.348 e. The van der Waals surface area contributed by atoms with Crippen LogP contribution in [0.5, 0.6) is 0 Å². The molecule has 0 rings (SSSR count). The van der Waals surface area contributed by atoms with Crippen LogP contribution < -0.4 is 0 Å². The number of nitrogens with zero attached hydrogens (tertiary/aromatic N) is 1. The number of nitriles is 1. The van der Waals surface area contributed by atoms with Gasteiger partial charge in [-0.25, -0.2) is 0 Å². The van der Waals surface area contributed by atoms with Crippen LogP contribution in [0.25, 0.3) is 0 Å². The molecular formula is C6H12NO6PS. The van der Waals surface area contributed by atoms with E-state index in [1.807, 2.05) is 0 Å². The minimum absolute atomic E-state index is 0.737. The summed E-state index contributed by atoms with van der Waals surface area (Å²) in [6, 6.07) is 1.56. The van der Waals surface area contributed by atoms with Gasteiger partial charge in [-0.1, -0.05) is 0 Å². The molecule has 0 saturated carbocycles. The van der Waals surface area contributed by atoms with Crippen molar-refractivity contribution in [2.45, 2.75) is 5.66 Å². The fourth-order valence-electron chi connectivity index (χ4n) is 0.790. The van der Waals surface area contributed by atoms with Gasteiger partial charge in [-0.3, -0.25) is 8.75 Å². The van der Waals surface area contributed by atoms with Crippen LogP contribution in [0.15, 0.2) is 0 Å². The molecule has 1 unspecified atom stereocenters. The van der Waals surface area contributed by atoms with Crippen molar-refractivity contribution in [2.75, 3.05) is 27.1 Å². The largest absolute Gasteiger partial charge is 0.348 e. The van der Waals surface area contributed by atoms with Gasteiger partial charge >= 0.3 is 7.60 Å². The smallest absolute Gasteiger partial charge is 0.311 e. The van der Waals surface area contributed by atoms with Crippen LogP contribution in [0.2, 0.25) is 0 Å². The van der Waals surface area contributed by atoms with Crippen LogP contribution >= 0.6 is 7.60 Å². The summed E-state index contributed by atoms with van der Waals surface area (Å²) in [5.74, 6) is -0.737. The molecule has 0 aromatic carbocycles. The highest BCUT2D eigenvalue weighted by molar-refractivity contribution is 7.87. The van der Waals surface area contributed by atoms with Crippen LogP contribution in [0, 0.1) is 11.3 Å². The summed E-state index contributed by atoms with van der Waals surface area (Å²) in [6.07, 6.45) is 0. The minimum atomic E-state index is -3.89. The van der Waals surface area contributed by atoms with E-state index in [9.17, 15) is 13.0 Å². The third-order valence-electron chi connectivity index (χ3n) is 1.66. The van der Waals surface area contributed by atoms with Gasteiger partial charge < -0.3 is 9.05 Å². The van der Waals surface area contributed by atoms with Gasteiger partial charge in [-0.15, -0.1) is 0 Å². The van der Waals surface area contributed by atoms with Gasteiger partial charge in [0.2, 0.25) is 0 Å². The average molecular weight is 257 g/mol. The monoisotopic (exact) mass is 257 g/mol. The van der Waals surface area contributed by atoms with E-state index < -0.39 is 29.1 Å². The van der Waals surface area contributed by atoms with Crippen LogP contribution in [0.3, 0.4) is 0 Å². The lowest BCUT2D eigenvalue weighted by Crippen LogP contribution is -2.22. The van der Waals surface area contributed by atoms with Gasteiger partial charge in [0.15, 0.2) is 5.66 Å². The molecule has 0 heterocycles. The molecule has 0 aromatic rings. The third-order valence-corrected chi connectivity index (χ3v) is 5.23. The average Bonchev–Trinajstić information content (AvgIpc) is 2.24. The molecule has 0 amide bonds. The van der Waals surface area contributed by atoms with Gasteiger partial charge in [-0.05, 0) is 0 Å². The highest BCUT2D eigenvalue weighted by Gasteiger charge is 2.38. The molecule has 0 fully saturated rings. The van der Waals surface area contributed by atoms with Crippen molar-refractivity contribution in [3.63, 3.8) is 0 Å².